The van der Waals surface area contributed by atoms with Crippen molar-refractivity contribution in [3.8, 4) is 11.5 Å². The second kappa shape index (κ2) is 8.47. The van der Waals surface area contributed by atoms with E-state index in [1.807, 2.05) is 24.3 Å². The Kier molecular flexibility index (Phi) is 6.31. The number of hydrogen-bond donors (Lipinski definition) is 1. The van der Waals surface area contributed by atoms with Crippen LogP contribution in [0.3, 0.4) is 0 Å². The zero-order chi connectivity index (χ0) is 15.8. The molecular formula is C18H25NO3. The van der Waals surface area contributed by atoms with Crippen molar-refractivity contribution in [1.29, 1.82) is 0 Å². The maximum Gasteiger partial charge on any atom is 0.258 e. The molecule has 0 saturated heterocycles. The minimum Gasteiger partial charge on any atom is -0.493 e. The smallest absolute Gasteiger partial charge is 0.258 e. The van der Waals surface area contributed by atoms with Crippen LogP contribution in [0.15, 0.2) is 30.9 Å². The topological polar surface area (TPSA) is 47.6 Å². The molecule has 0 heterocycles. The SMILES string of the molecule is C=CCc1ccc(OCC(=O)NC2CCCCC2)c(OC)c1. The molecule has 0 radical (unpaired) electrons. The van der Waals surface area contributed by atoms with Gasteiger partial charge in [-0.15, -0.1) is 6.58 Å². The predicted molar refractivity (Wildman–Crippen MR) is 87.4 cm³/mol. The average Bonchev–Trinajstić information content (AvgIpc) is 2.54. The molecule has 1 aliphatic rings. The minimum absolute atomic E-state index is 0.0215. The number of nitrogens with one attached hydrogen (secondary N) is 1. The van der Waals surface area contributed by atoms with E-state index in [-0.39, 0.29) is 12.5 Å². The molecule has 4 nitrogen and oxygen atoms in total. The van der Waals surface area contributed by atoms with Gasteiger partial charge in [0.1, 0.15) is 0 Å². The van der Waals surface area contributed by atoms with Crippen molar-refractivity contribution in [1.82, 2.24) is 5.32 Å². The molecule has 0 spiro atoms. The lowest BCUT2D eigenvalue weighted by molar-refractivity contribution is -0.124. The Hall–Kier alpha value is -1.97. The molecule has 1 N–H and O–H groups in total. The van der Waals surface area contributed by atoms with Crippen molar-refractivity contribution in [2.45, 2.75) is 44.6 Å². The molecule has 1 saturated carbocycles. The Balaban J connectivity index is 1.87. The van der Waals surface area contributed by atoms with Crippen LogP contribution in [0.25, 0.3) is 0 Å². The third-order valence-corrected chi connectivity index (χ3v) is 3.94. The molecule has 1 aromatic rings. The Morgan fingerprint density at radius 2 is 2.09 bits per heavy atom. The van der Waals surface area contributed by atoms with Gasteiger partial charge in [0.2, 0.25) is 0 Å². The summed E-state index contributed by atoms with van der Waals surface area (Å²) in [6, 6.07) is 6.02. The summed E-state index contributed by atoms with van der Waals surface area (Å²) in [5, 5.41) is 3.04. The van der Waals surface area contributed by atoms with Gasteiger partial charge in [-0.3, -0.25) is 4.79 Å². The first kappa shape index (κ1) is 16.4. The van der Waals surface area contributed by atoms with Crippen LogP contribution in [0.1, 0.15) is 37.7 Å². The van der Waals surface area contributed by atoms with E-state index < -0.39 is 0 Å². The molecule has 4 heteroatoms. The van der Waals surface area contributed by atoms with Crippen LogP contribution < -0.4 is 14.8 Å². The summed E-state index contributed by atoms with van der Waals surface area (Å²) >= 11 is 0. The maximum absolute atomic E-state index is 12.0. The molecular weight excluding hydrogens is 278 g/mol. The standard InChI is InChI=1S/C18H25NO3/c1-3-7-14-10-11-16(17(12-14)21-2)22-13-18(20)19-15-8-5-4-6-9-15/h3,10-12,15H,1,4-9,13H2,2H3,(H,19,20). The van der Waals surface area contributed by atoms with Crippen LogP contribution in [0.5, 0.6) is 11.5 Å². The number of allylic oxidation sites excluding steroid dienone is 1. The number of ether oxygens (including phenoxy) is 2. The van der Waals surface area contributed by atoms with E-state index in [1.165, 1.54) is 19.3 Å². The molecule has 22 heavy (non-hydrogen) atoms. The summed E-state index contributed by atoms with van der Waals surface area (Å²) in [6.07, 6.45) is 8.44. The Bertz CT molecular complexity index is 507. The monoisotopic (exact) mass is 303 g/mol. The van der Waals surface area contributed by atoms with Gasteiger partial charge in [0, 0.05) is 6.04 Å². The third kappa shape index (κ3) is 4.79. The summed E-state index contributed by atoms with van der Waals surface area (Å²) in [4.78, 5) is 12.0. The van der Waals surface area contributed by atoms with Crippen LogP contribution >= 0.6 is 0 Å². The second-order valence-electron chi connectivity index (χ2n) is 5.67. The van der Waals surface area contributed by atoms with Gasteiger partial charge in [-0.2, -0.15) is 0 Å². The Morgan fingerprint density at radius 3 is 2.77 bits per heavy atom. The quantitative estimate of drug-likeness (QED) is 0.787. The summed E-state index contributed by atoms with van der Waals surface area (Å²) in [5.74, 6) is 1.17. The summed E-state index contributed by atoms with van der Waals surface area (Å²) < 4.78 is 10.9. The van der Waals surface area contributed by atoms with Gasteiger partial charge >= 0.3 is 0 Å². The Morgan fingerprint density at radius 1 is 1.32 bits per heavy atom. The normalized spacial score (nSPS) is 15.1. The number of carbonyl (C=O) groups excluding carboxylic acids is 1. The van der Waals surface area contributed by atoms with Gasteiger partial charge < -0.3 is 14.8 Å². The number of rotatable bonds is 7. The first-order chi connectivity index (χ1) is 10.7. The molecule has 0 unspecified atom stereocenters. The highest BCUT2D eigenvalue weighted by Crippen LogP contribution is 2.28. The van der Waals surface area contributed by atoms with E-state index in [9.17, 15) is 4.79 Å². The van der Waals surface area contributed by atoms with E-state index >= 15 is 0 Å². The molecule has 1 fully saturated rings. The minimum atomic E-state index is -0.0656. The summed E-state index contributed by atoms with van der Waals surface area (Å²) in [6.45, 7) is 3.75. The first-order valence-corrected chi connectivity index (χ1v) is 7.93. The van der Waals surface area contributed by atoms with Crippen molar-refractivity contribution in [2.75, 3.05) is 13.7 Å². The number of carbonyl (C=O) groups is 1. The lowest BCUT2D eigenvalue weighted by Gasteiger charge is -2.22. The molecule has 120 valence electrons. The zero-order valence-electron chi connectivity index (χ0n) is 13.3. The highest BCUT2D eigenvalue weighted by atomic mass is 16.5. The fraction of sp³-hybridized carbons (Fsp3) is 0.500. The van der Waals surface area contributed by atoms with Gasteiger partial charge in [0.15, 0.2) is 18.1 Å². The highest BCUT2D eigenvalue weighted by Gasteiger charge is 2.16. The fourth-order valence-electron chi connectivity index (χ4n) is 2.78. The van der Waals surface area contributed by atoms with E-state index in [2.05, 4.69) is 11.9 Å². The number of amides is 1. The number of methoxy groups -OCH3 is 1. The Labute approximate surface area is 132 Å². The van der Waals surface area contributed by atoms with E-state index in [4.69, 9.17) is 9.47 Å². The first-order valence-electron chi connectivity index (χ1n) is 7.93. The molecule has 1 aromatic carbocycles. The van der Waals surface area contributed by atoms with Crippen molar-refractivity contribution < 1.29 is 14.3 Å². The van der Waals surface area contributed by atoms with Gasteiger partial charge in [-0.25, -0.2) is 0 Å². The van der Waals surface area contributed by atoms with Crippen LogP contribution in [0.2, 0.25) is 0 Å². The fourth-order valence-corrected chi connectivity index (χ4v) is 2.78. The molecule has 0 aliphatic heterocycles. The van der Waals surface area contributed by atoms with Crippen molar-refractivity contribution in [3.63, 3.8) is 0 Å². The zero-order valence-corrected chi connectivity index (χ0v) is 13.3. The lowest BCUT2D eigenvalue weighted by Crippen LogP contribution is -2.39. The molecule has 2 rings (SSSR count). The van der Waals surface area contributed by atoms with Crippen molar-refractivity contribution >= 4 is 5.91 Å². The van der Waals surface area contributed by atoms with Gasteiger partial charge in [-0.05, 0) is 37.0 Å². The molecule has 0 atom stereocenters. The van der Waals surface area contributed by atoms with Crippen molar-refractivity contribution in [3.05, 3.63) is 36.4 Å². The highest BCUT2D eigenvalue weighted by molar-refractivity contribution is 5.78. The third-order valence-electron chi connectivity index (χ3n) is 3.94. The second-order valence-corrected chi connectivity index (χ2v) is 5.67. The summed E-state index contributed by atoms with van der Waals surface area (Å²) in [5.41, 5.74) is 1.10. The number of hydrogen-bond acceptors (Lipinski definition) is 3. The van der Waals surface area contributed by atoms with Gasteiger partial charge in [-0.1, -0.05) is 31.4 Å². The van der Waals surface area contributed by atoms with Crippen LogP contribution in [0, 0.1) is 0 Å². The van der Waals surface area contributed by atoms with Crippen molar-refractivity contribution in [2.24, 2.45) is 0 Å². The van der Waals surface area contributed by atoms with E-state index in [0.29, 0.717) is 17.5 Å². The van der Waals surface area contributed by atoms with E-state index in [1.54, 1.807) is 7.11 Å². The molecule has 1 amide bonds. The summed E-state index contributed by atoms with van der Waals surface area (Å²) in [7, 11) is 1.60. The average molecular weight is 303 g/mol. The van der Waals surface area contributed by atoms with Gasteiger partial charge in [0.25, 0.3) is 5.91 Å². The molecule has 1 aliphatic carbocycles. The van der Waals surface area contributed by atoms with Crippen LogP contribution in [-0.2, 0) is 11.2 Å². The van der Waals surface area contributed by atoms with Crippen LogP contribution in [0.4, 0.5) is 0 Å². The molecule has 0 bridgehead atoms. The lowest BCUT2D eigenvalue weighted by atomic mass is 9.95. The largest absolute Gasteiger partial charge is 0.493 e. The maximum atomic E-state index is 12.0. The predicted octanol–water partition coefficient (Wildman–Crippen LogP) is 3.25. The van der Waals surface area contributed by atoms with Gasteiger partial charge in [0.05, 0.1) is 7.11 Å². The van der Waals surface area contributed by atoms with Crippen LogP contribution in [-0.4, -0.2) is 25.7 Å². The molecule has 0 aromatic heterocycles. The number of benzene rings is 1. The van der Waals surface area contributed by atoms with E-state index in [0.717, 1.165) is 24.8 Å².